The maximum Gasteiger partial charge on any atom is 0.276 e. The van der Waals surface area contributed by atoms with Gasteiger partial charge in [-0.05, 0) is 13.0 Å². The normalized spacial score (nSPS) is 10.4. The molecule has 0 saturated carbocycles. The van der Waals surface area contributed by atoms with Crippen molar-refractivity contribution in [1.29, 1.82) is 5.26 Å². The topological polar surface area (TPSA) is 63.1 Å². The van der Waals surface area contributed by atoms with Crippen LogP contribution in [0, 0.1) is 18.3 Å². The van der Waals surface area contributed by atoms with Crippen molar-refractivity contribution in [3.63, 3.8) is 0 Å². The third-order valence-electron chi connectivity index (χ3n) is 2.19. The van der Waals surface area contributed by atoms with Gasteiger partial charge in [-0.2, -0.15) is 10.4 Å². The minimum absolute atomic E-state index is 0.103. The first-order valence-corrected chi connectivity index (χ1v) is 4.65. The maximum absolute atomic E-state index is 11.8. The monoisotopic (exact) mass is 202 g/mol. The molecule has 5 nitrogen and oxygen atoms in total. The van der Waals surface area contributed by atoms with Gasteiger partial charge in [-0.3, -0.25) is 4.79 Å². The van der Waals surface area contributed by atoms with Gasteiger partial charge in [0.15, 0.2) is 0 Å². The van der Waals surface area contributed by atoms with Gasteiger partial charge in [-0.1, -0.05) is 0 Å². The lowest BCUT2D eigenvalue weighted by Gasteiger charge is -2.01. The number of hydrogen-bond acceptors (Lipinski definition) is 3. The average molecular weight is 202 g/mol. The van der Waals surface area contributed by atoms with E-state index in [0.717, 1.165) is 5.69 Å². The Hall–Kier alpha value is -2.09. The summed E-state index contributed by atoms with van der Waals surface area (Å²) < 4.78 is 3.08. The maximum atomic E-state index is 11.8. The molecule has 2 aromatic rings. The van der Waals surface area contributed by atoms with Crippen LogP contribution < -0.4 is 5.56 Å². The van der Waals surface area contributed by atoms with Gasteiger partial charge < -0.3 is 4.57 Å². The zero-order valence-electron chi connectivity index (χ0n) is 8.34. The summed E-state index contributed by atoms with van der Waals surface area (Å²) in [6, 6.07) is 3.76. The Balaban J connectivity index is 2.56. The van der Waals surface area contributed by atoms with Gasteiger partial charge in [0.2, 0.25) is 0 Å². The lowest BCUT2D eigenvalue weighted by Crippen LogP contribution is -2.21. The second kappa shape index (κ2) is 3.58. The summed E-state index contributed by atoms with van der Waals surface area (Å²) in [6.07, 6.45) is 3.71. The van der Waals surface area contributed by atoms with Crippen molar-refractivity contribution in [2.45, 2.75) is 19.9 Å². The van der Waals surface area contributed by atoms with Gasteiger partial charge in [0.05, 0.1) is 18.2 Å². The van der Waals surface area contributed by atoms with Crippen LogP contribution in [0.25, 0.3) is 5.52 Å². The van der Waals surface area contributed by atoms with Crippen LogP contribution in [0.3, 0.4) is 0 Å². The predicted octanol–water partition coefficient (Wildman–Crippen LogP) is 0.718. The molecular formula is C10H10N4O. The van der Waals surface area contributed by atoms with Crippen LogP contribution in [0.5, 0.6) is 0 Å². The molecule has 0 aromatic carbocycles. The number of aryl methyl sites for hydroxylation is 2. The zero-order chi connectivity index (χ0) is 10.8. The minimum Gasteiger partial charge on any atom is -0.311 e. The van der Waals surface area contributed by atoms with Gasteiger partial charge in [0, 0.05) is 18.9 Å². The molecule has 0 radical (unpaired) electrons. The minimum atomic E-state index is -0.103. The highest BCUT2D eigenvalue weighted by Crippen LogP contribution is 2.00. The Morgan fingerprint density at radius 3 is 3.07 bits per heavy atom. The molecule has 0 atom stereocenters. The summed E-state index contributed by atoms with van der Waals surface area (Å²) in [4.78, 5) is 11.8. The summed E-state index contributed by atoms with van der Waals surface area (Å²) in [5, 5.41) is 12.6. The largest absolute Gasteiger partial charge is 0.311 e. The van der Waals surface area contributed by atoms with Crippen LogP contribution in [-0.2, 0) is 6.54 Å². The van der Waals surface area contributed by atoms with E-state index in [2.05, 4.69) is 5.10 Å². The first kappa shape index (κ1) is 9.46. The number of aromatic nitrogens is 3. The molecule has 76 valence electrons. The van der Waals surface area contributed by atoms with Crippen molar-refractivity contribution in [3.8, 4) is 6.07 Å². The van der Waals surface area contributed by atoms with Crippen molar-refractivity contribution in [3.05, 3.63) is 34.5 Å². The fraction of sp³-hybridized carbons (Fsp3) is 0.300. The number of nitrogens with zero attached hydrogens (tertiary/aromatic N) is 4. The molecule has 0 saturated heterocycles. The molecule has 2 aromatic heterocycles. The number of rotatable bonds is 2. The van der Waals surface area contributed by atoms with E-state index in [0.29, 0.717) is 18.5 Å². The third kappa shape index (κ3) is 1.62. The quantitative estimate of drug-likeness (QED) is 0.720. The summed E-state index contributed by atoms with van der Waals surface area (Å²) in [6.45, 7) is 2.27. The van der Waals surface area contributed by atoms with Crippen LogP contribution in [0.2, 0.25) is 0 Å². The standard InChI is InChI=1S/C10H10N4O/c1-8-7-9-10(15)13(4-2-3-11)5-6-14(9)12-8/h5-7H,2,4H2,1H3. The van der Waals surface area contributed by atoms with Crippen molar-refractivity contribution in [2.75, 3.05) is 0 Å². The van der Waals surface area contributed by atoms with Gasteiger partial charge in [-0.25, -0.2) is 4.52 Å². The highest BCUT2D eigenvalue weighted by atomic mass is 16.1. The molecule has 0 N–H and O–H groups in total. The molecule has 0 aliphatic rings. The molecule has 0 spiro atoms. The molecule has 2 heterocycles. The molecular weight excluding hydrogens is 192 g/mol. The fourth-order valence-corrected chi connectivity index (χ4v) is 1.50. The van der Waals surface area contributed by atoms with E-state index in [9.17, 15) is 4.79 Å². The van der Waals surface area contributed by atoms with E-state index in [1.807, 2.05) is 13.0 Å². The summed E-state index contributed by atoms with van der Waals surface area (Å²) in [5.41, 5.74) is 1.26. The lowest BCUT2D eigenvalue weighted by atomic mass is 10.4. The zero-order valence-corrected chi connectivity index (χ0v) is 8.34. The van der Waals surface area contributed by atoms with Crippen LogP contribution in [0.4, 0.5) is 0 Å². The van der Waals surface area contributed by atoms with Crippen LogP contribution >= 0.6 is 0 Å². The third-order valence-corrected chi connectivity index (χ3v) is 2.19. The van der Waals surface area contributed by atoms with Crippen LogP contribution in [0.15, 0.2) is 23.3 Å². The second-order valence-electron chi connectivity index (χ2n) is 3.32. The van der Waals surface area contributed by atoms with Gasteiger partial charge in [0.1, 0.15) is 5.52 Å². The fourth-order valence-electron chi connectivity index (χ4n) is 1.50. The van der Waals surface area contributed by atoms with E-state index in [1.165, 1.54) is 4.57 Å². The van der Waals surface area contributed by atoms with Gasteiger partial charge >= 0.3 is 0 Å². The molecule has 0 aliphatic carbocycles. The van der Waals surface area contributed by atoms with Crippen LogP contribution in [-0.4, -0.2) is 14.2 Å². The summed E-state index contributed by atoms with van der Waals surface area (Å²) in [7, 11) is 0. The molecule has 15 heavy (non-hydrogen) atoms. The molecule has 0 bridgehead atoms. The van der Waals surface area contributed by atoms with Crippen molar-refractivity contribution < 1.29 is 0 Å². The van der Waals surface area contributed by atoms with Crippen molar-refractivity contribution in [1.82, 2.24) is 14.2 Å². The summed E-state index contributed by atoms with van der Waals surface area (Å²) >= 11 is 0. The second-order valence-corrected chi connectivity index (χ2v) is 3.32. The smallest absolute Gasteiger partial charge is 0.276 e. The molecule has 5 heteroatoms. The molecule has 0 fully saturated rings. The molecule has 0 amide bonds. The molecule has 0 unspecified atom stereocenters. The molecule has 0 aliphatic heterocycles. The van der Waals surface area contributed by atoms with E-state index in [4.69, 9.17) is 5.26 Å². The Kier molecular flexibility index (Phi) is 2.26. The average Bonchev–Trinajstić information content (AvgIpc) is 2.59. The van der Waals surface area contributed by atoms with Crippen molar-refractivity contribution >= 4 is 5.52 Å². The highest BCUT2D eigenvalue weighted by molar-refractivity contribution is 5.44. The lowest BCUT2D eigenvalue weighted by molar-refractivity contribution is 0.677. The highest BCUT2D eigenvalue weighted by Gasteiger charge is 2.04. The number of hydrogen-bond donors (Lipinski definition) is 0. The van der Waals surface area contributed by atoms with E-state index >= 15 is 0 Å². The molecule has 2 rings (SSSR count). The van der Waals surface area contributed by atoms with E-state index in [1.54, 1.807) is 23.0 Å². The van der Waals surface area contributed by atoms with E-state index < -0.39 is 0 Å². The Morgan fingerprint density at radius 2 is 2.33 bits per heavy atom. The van der Waals surface area contributed by atoms with Crippen molar-refractivity contribution in [2.24, 2.45) is 0 Å². The Bertz CT molecular complexity index is 587. The van der Waals surface area contributed by atoms with Gasteiger partial charge in [-0.15, -0.1) is 0 Å². The Morgan fingerprint density at radius 1 is 1.53 bits per heavy atom. The first-order valence-electron chi connectivity index (χ1n) is 4.65. The first-order chi connectivity index (χ1) is 7.22. The summed E-state index contributed by atoms with van der Waals surface area (Å²) in [5.74, 6) is 0. The number of fused-ring (bicyclic) bond motifs is 1. The predicted molar refractivity (Wildman–Crippen MR) is 54.4 cm³/mol. The number of nitriles is 1. The van der Waals surface area contributed by atoms with E-state index in [-0.39, 0.29) is 5.56 Å². The SMILES string of the molecule is Cc1cc2c(=O)n(CCC#N)ccn2n1. The van der Waals surface area contributed by atoms with Crippen LogP contribution in [0.1, 0.15) is 12.1 Å². The Labute approximate surface area is 86.2 Å². The van der Waals surface area contributed by atoms with Gasteiger partial charge in [0.25, 0.3) is 5.56 Å².